The second-order valence-electron chi connectivity index (χ2n) is 11.7. The molecule has 0 bridgehead atoms. The monoisotopic (exact) mass is 526 g/mol. The zero-order valence-electron chi connectivity index (χ0n) is 26.3. The third-order valence-electron chi connectivity index (χ3n) is 8.19. The van der Waals surface area contributed by atoms with Crippen molar-refractivity contribution in [1.29, 1.82) is 0 Å². The van der Waals surface area contributed by atoms with Crippen LogP contribution in [0.4, 0.5) is 0 Å². The molecule has 0 aliphatic rings. The number of carbonyl (C=O) groups excluding carboxylic acids is 1. The molecule has 0 fully saturated rings. The Bertz CT molecular complexity index is 410. The molecule has 3 heteroatoms. The maximum absolute atomic E-state index is 13.7. The molecule has 0 heterocycles. The Morgan fingerprint density at radius 1 is 0.432 bits per heavy atom. The summed E-state index contributed by atoms with van der Waals surface area (Å²) in [4.78, 5) is 13.7. The molecular formula is C34H71NO2. The zero-order valence-corrected chi connectivity index (χ0v) is 26.3. The number of rotatable bonds is 29. The van der Waals surface area contributed by atoms with Crippen LogP contribution in [0, 0.1) is 5.41 Å². The Morgan fingerprint density at radius 3 is 1.03 bits per heavy atom. The molecule has 0 aromatic heterocycles. The van der Waals surface area contributed by atoms with Crippen molar-refractivity contribution < 1.29 is 9.53 Å². The molecule has 0 unspecified atom stereocenters. The van der Waals surface area contributed by atoms with Gasteiger partial charge in [0.05, 0.1) is 12.0 Å². The van der Waals surface area contributed by atoms with Crippen LogP contribution in [0.1, 0.15) is 201 Å². The van der Waals surface area contributed by atoms with Crippen LogP contribution in [0.15, 0.2) is 0 Å². The molecule has 0 rings (SSSR count). The van der Waals surface area contributed by atoms with Gasteiger partial charge in [0, 0.05) is 0 Å². The minimum atomic E-state index is -0.220. The maximum Gasteiger partial charge on any atom is 0.312 e. The molecule has 3 nitrogen and oxygen atoms in total. The lowest BCUT2D eigenvalue weighted by Crippen LogP contribution is -2.34. The number of esters is 1. The molecule has 0 atom stereocenters. The first-order valence-corrected chi connectivity index (χ1v) is 16.8. The van der Waals surface area contributed by atoms with Crippen LogP contribution < -0.4 is 6.15 Å². The Morgan fingerprint density at radius 2 is 0.703 bits per heavy atom. The molecule has 0 spiro atoms. The Kier molecular flexibility index (Phi) is 31.3. The smallest absolute Gasteiger partial charge is 0.312 e. The predicted molar refractivity (Wildman–Crippen MR) is 166 cm³/mol. The zero-order chi connectivity index (χ0) is 26.6. The third kappa shape index (κ3) is 23.1. The molecule has 37 heavy (non-hydrogen) atoms. The van der Waals surface area contributed by atoms with Crippen molar-refractivity contribution in [3.63, 3.8) is 0 Å². The highest BCUT2D eigenvalue weighted by molar-refractivity contribution is 5.76. The highest BCUT2D eigenvalue weighted by Crippen LogP contribution is 2.39. The van der Waals surface area contributed by atoms with Crippen LogP contribution in [-0.4, -0.2) is 12.6 Å². The van der Waals surface area contributed by atoms with E-state index < -0.39 is 0 Å². The molecule has 0 amide bonds. The number of carbonyl (C=O) groups is 1. The second kappa shape index (κ2) is 30.0. The largest absolute Gasteiger partial charge is 0.465 e. The Balaban J connectivity index is 0. The standard InChI is InChI=1S/C34H68O2.H3N/c1-5-9-13-17-21-25-29-34(30-26-22-18-14-10-6-2,31-27-23-19-15-11-7-3)33(35)36-32-28-24-20-16-12-8-4;/h5-32H2,1-4H3;1H3. The molecule has 0 aromatic carbocycles. The van der Waals surface area contributed by atoms with Crippen LogP contribution >= 0.6 is 0 Å². The molecule has 0 radical (unpaired) electrons. The van der Waals surface area contributed by atoms with Crippen molar-refractivity contribution in [3.05, 3.63) is 0 Å². The van der Waals surface area contributed by atoms with E-state index in [2.05, 4.69) is 27.7 Å². The summed E-state index contributed by atoms with van der Waals surface area (Å²) in [6, 6.07) is 0. The molecule has 0 saturated heterocycles. The van der Waals surface area contributed by atoms with Crippen LogP contribution in [0.25, 0.3) is 0 Å². The summed E-state index contributed by atoms with van der Waals surface area (Å²) in [6.45, 7) is 9.75. The van der Waals surface area contributed by atoms with E-state index in [1.54, 1.807) is 0 Å². The predicted octanol–water partition coefficient (Wildman–Crippen LogP) is 12.3. The van der Waals surface area contributed by atoms with Gasteiger partial charge in [0.25, 0.3) is 0 Å². The number of hydrogen-bond donors (Lipinski definition) is 1. The van der Waals surface area contributed by atoms with Gasteiger partial charge in [0.1, 0.15) is 0 Å². The average molecular weight is 526 g/mol. The van der Waals surface area contributed by atoms with Gasteiger partial charge in [-0.2, -0.15) is 0 Å². The Hall–Kier alpha value is -0.570. The lowest BCUT2D eigenvalue weighted by Gasteiger charge is -2.32. The lowest BCUT2D eigenvalue weighted by atomic mass is 9.74. The first kappa shape index (κ1) is 38.6. The van der Waals surface area contributed by atoms with Crippen molar-refractivity contribution in [2.45, 2.75) is 201 Å². The molecule has 0 aliphatic heterocycles. The van der Waals surface area contributed by atoms with Crippen LogP contribution in [-0.2, 0) is 9.53 Å². The first-order chi connectivity index (χ1) is 17.7. The summed E-state index contributed by atoms with van der Waals surface area (Å²) >= 11 is 0. The fraction of sp³-hybridized carbons (Fsp3) is 0.971. The molecule has 0 saturated carbocycles. The Labute approximate surface area is 234 Å². The van der Waals surface area contributed by atoms with Gasteiger partial charge in [-0.15, -0.1) is 0 Å². The summed E-state index contributed by atoms with van der Waals surface area (Å²) in [5.74, 6) is 0.159. The minimum absolute atomic E-state index is 0. The van der Waals surface area contributed by atoms with Gasteiger partial charge in [-0.25, -0.2) is 0 Å². The summed E-state index contributed by atoms with van der Waals surface area (Å²) in [7, 11) is 0. The highest BCUT2D eigenvalue weighted by Gasteiger charge is 2.38. The molecule has 224 valence electrons. The van der Waals surface area contributed by atoms with E-state index in [4.69, 9.17) is 4.74 Å². The number of unbranched alkanes of at least 4 members (excludes halogenated alkanes) is 20. The van der Waals surface area contributed by atoms with E-state index in [-0.39, 0.29) is 17.5 Å². The van der Waals surface area contributed by atoms with Gasteiger partial charge in [-0.1, -0.05) is 175 Å². The summed E-state index contributed by atoms with van der Waals surface area (Å²) in [5.41, 5.74) is -0.220. The van der Waals surface area contributed by atoms with Gasteiger partial charge in [-0.3, -0.25) is 4.79 Å². The lowest BCUT2D eigenvalue weighted by molar-refractivity contribution is -0.158. The van der Waals surface area contributed by atoms with Gasteiger partial charge in [-0.05, 0) is 25.7 Å². The van der Waals surface area contributed by atoms with Gasteiger partial charge < -0.3 is 10.9 Å². The van der Waals surface area contributed by atoms with Gasteiger partial charge in [0.2, 0.25) is 0 Å². The number of ether oxygens (including phenoxy) is 1. The summed E-state index contributed by atoms with van der Waals surface area (Å²) < 4.78 is 6.06. The molecule has 0 aliphatic carbocycles. The van der Waals surface area contributed by atoms with Crippen molar-refractivity contribution in [2.24, 2.45) is 5.41 Å². The third-order valence-corrected chi connectivity index (χ3v) is 8.19. The average Bonchev–Trinajstić information content (AvgIpc) is 2.89. The fourth-order valence-electron chi connectivity index (χ4n) is 5.61. The first-order valence-electron chi connectivity index (χ1n) is 16.8. The van der Waals surface area contributed by atoms with Crippen molar-refractivity contribution in [3.8, 4) is 0 Å². The van der Waals surface area contributed by atoms with E-state index in [0.717, 1.165) is 25.7 Å². The summed E-state index contributed by atoms with van der Waals surface area (Å²) in [5, 5.41) is 0. The van der Waals surface area contributed by atoms with Crippen molar-refractivity contribution in [1.82, 2.24) is 6.15 Å². The SMILES string of the molecule is CCCCCCCCOC(=O)C(CCCCCCCC)(CCCCCCCC)CCCCCCCC.N. The van der Waals surface area contributed by atoms with Crippen LogP contribution in [0.3, 0.4) is 0 Å². The normalized spacial score (nSPS) is 11.5. The molecule has 3 N–H and O–H groups in total. The fourth-order valence-corrected chi connectivity index (χ4v) is 5.61. The molecular weight excluding hydrogens is 454 g/mol. The number of hydrogen-bond acceptors (Lipinski definition) is 3. The highest BCUT2D eigenvalue weighted by atomic mass is 16.5. The molecule has 0 aromatic rings. The topological polar surface area (TPSA) is 61.3 Å². The second-order valence-corrected chi connectivity index (χ2v) is 11.7. The maximum atomic E-state index is 13.7. The summed E-state index contributed by atoms with van der Waals surface area (Å²) in [6.07, 6.45) is 34.0. The van der Waals surface area contributed by atoms with E-state index in [1.807, 2.05) is 0 Å². The van der Waals surface area contributed by atoms with Crippen LogP contribution in [0.2, 0.25) is 0 Å². The van der Waals surface area contributed by atoms with E-state index in [1.165, 1.54) is 148 Å². The van der Waals surface area contributed by atoms with Gasteiger partial charge >= 0.3 is 5.97 Å². The minimum Gasteiger partial charge on any atom is -0.465 e. The van der Waals surface area contributed by atoms with E-state index >= 15 is 0 Å². The van der Waals surface area contributed by atoms with Gasteiger partial charge in [0.15, 0.2) is 0 Å². The quantitative estimate of drug-likeness (QED) is 0.0780. The van der Waals surface area contributed by atoms with E-state index in [9.17, 15) is 4.79 Å². The van der Waals surface area contributed by atoms with E-state index in [0.29, 0.717) is 6.61 Å². The van der Waals surface area contributed by atoms with Crippen molar-refractivity contribution in [2.75, 3.05) is 6.61 Å². The van der Waals surface area contributed by atoms with Crippen molar-refractivity contribution >= 4 is 5.97 Å². The van der Waals surface area contributed by atoms with Crippen LogP contribution in [0.5, 0.6) is 0 Å².